The SMILES string of the molecule is O=C(Cc1ccc(C2CCN(C(=O)O)CC2OCc2ccc3ccccc3c2)cc1)OCC(=O)c1ccccc1. The molecule has 2 atom stereocenters. The Morgan fingerprint density at radius 1 is 0.825 bits per heavy atom. The molecule has 1 aliphatic heterocycles. The molecule has 1 amide bonds. The minimum absolute atomic E-state index is 0.0144. The second-order valence-corrected chi connectivity index (χ2v) is 10.0. The minimum Gasteiger partial charge on any atom is -0.465 e. The Bertz CT molecular complexity index is 1480. The maximum Gasteiger partial charge on any atom is 0.407 e. The van der Waals surface area contributed by atoms with Crippen LogP contribution in [-0.4, -0.2) is 53.7 Å². The van der Waals surface area contributed by atoms with Crippen molar-refractivity contribution in [1.82, 2.24) is 4.90 Å². The van der Waals surface area contributed by atoms with Gasteiger partial charge in [0, 0.05) is 18.0 Å². The number of Topliss-reactive ketones (excluding diaryl/α,β-unsaturated/α-hetero) is 1. The van der Waals surface area contributed by atoms with Gasteiger partial charge in [0.15, 0.2) is 12.4 Å². The molecule has 0 saturated carbocycles. The van der Waals surface area contributed by atoms with Crippen LogP contribution in [-0.2, 0) is 27.3 Å². The fourth-order valence-electron chi connectivity index (χ4n) is 5.13. The molecule has 0 aromatic heterocycles. The molecule has 1 heterocycles. The topological polar surface area (TPSA) is 93.1 Å². The number of ether oxygens (including phenoxy) is 2. The number of piperidine rings is 1. The average Bonchev–Trinajstić information content (AvgIpc) is 2.99. The standard InChI is InChI=1S/C33H31NO6/c35-30(27-7-2-1-3-8-27)22-40-32(36)19-23-10-14-26(15-11-23)29-16-17-34(33(37)38)20-31(29)39-21-24-12-13-25-6-4-5-9-28(25)18-24/h1-15,18,29,31H,16-17,19-22H2,(H,37,38). The van der Waals surface area contributed by atoms with E-state index in [0.717, 1.165) is 27.5 Å². The molecule has 1 N–H and O–H groups in total. The third kappa shape index (κ3) is 6.74. The molecular weight excluding hydrogens is 506 g/mol. The highest BCUT2D eigenvalue weighted by molar-refractivity contribution is 5.97. The number of ketones is 1. The number of nitrogens with zero attached hydrogens (tertiary/aromatic N) is 1. The Hall–Kier alpha value is -4.49. The molecule has 4 aromatic carbocycles. The van der Waals surface area contributed by atoms with E-state index in [1.54, 1.807) is 24.3 Å². The summed E-state index contributed by atoms with van der Waals surface area (Å²) in [4.78, 5) is 37.6. The zero-order valence-corrected chi connectivity index (χ0v) is 22.1. The first-order chi connectivity index (χ1) is 19.5. The van der Waals surface area contributed by atoms with Gasteiger partial charge >= 0.3 is 12.1 Å². The van der Waals surface area contributed by atoms with Crippen molar-refractivity contribution in [2.75, 3.05) is 19.7 Å². The van der Waals surface area contributed by atoms with Crippen LogP contribution in [0.15, 0.2) is 97.1 Å². The first-order valence-electron chi connectivity index (χ1n) is 13.4. The lowest BCUT2D eigenvalue weighted by atomic mass is 9.86. The van der Waals surface area contributed by atoms with Gasteiger partial charge in [0.2, 0.25) is 0 Å². The van der Waals surface area contributed by atoms with Gasteiger partial charge in [-0.05, 0) is 39.9 Å². The average molecular weight is 538 g/mol. The monoisotopic (exact) mass is 537 g/mol. The third-order valence-electron chi connectivity index (χ3n) is 7.32. The third-order valence-corrected chi connectivity index (χ3v) is 7.32. The van der Waals surface area contributed by atoms with E-state index in [2.05, 4.69) is 24.3 Å². The maximum absolute atomic E-state index is 12.3. The number of carbonyl (C=O) groups is 3. The van der Waals surface area contributed by atoms with E-state index in [1.807, 2.05) is 48.5 Å². The van der Waals surface area contributed by atoms with Gasteiger partial charge in [-0.25, -0.2) is 4.79 Å². The Morgan fingerprint density at radius 2 is 1.52 bits per heavy atom. The summed E-state index contributed by atoms with van der Waals surface area (Å²) in [6.45, 7) is 0.806. The van der Waals surface area contributed by atoms with Gasteiger partial charge in [-0.15, -0.1) is 0 Å². The summed E-state index contributed by atoms with van der Waals surface area (Å²) >= 11 is 0. The van der Waals surface area contributed by atoms with Crippen LogP contribution in [0.4, 0.5) is 4.79 Å². The highest BCUT2D eigenvalue weighted by atomic mass is 16.5. The van der Waals surface area contributed by atoms with Crippen molar-refractivity contribution in [1.29, 1.82) is 0 Å². The maximum atomic E-state index is 12.3. The van der Waals surface area contributed by atoms with Crippen LogP contribution < -0.4 is 0 Å². The first-order valence-corrected chi connectivity index (χ1v) is 13.4. The van der Waals surface area contributed by atoms with E-state index in [9.17, 15) is 19.5 Å². The molecule has 4 aromatic rings. The lowest BCUT2D eigenvalue weighted by molar-refractivity contribution is -0.141. The number of benzene rings is 4. The number of fused-ring (bicyclic) bond motifs is 1. The van der Waals surface area contributed by atoms with E-state index < -0.39 is 12.1 Å². The summed E-state index contributed by atoms with van der Waals surface area (Å²) in [5.41, 5.74) is 3.35. The van der Waals surface area contributed by atoms with Gasteiger partial charge in [0.25, 0.3) is 0 Å². The molecule has 1 saturated heterocycles. The molecule has 204 valence electrons. The highest BCUT2D eigenvalue weighted by Gasteiger charge is 2.33. The predicted molar refractivity (Wildman–Crippen MR) is 151 cm³/mol. The van der Waals surface area contributed by atoms with Crippen LogP contribution in [0.25, 0.3) is 10.8 Å². The number of carboxylic acid groups (broad SMARTS) is 1. The molecular formula is C33H31NO6. The number of rotatable bonds is 9. The summed E-state index contributed by atoms with van der Waals surface area (Å²) in [5, 5.41) is 11.9. The molecule has 40 heavy (non-hydrogen) atoms. The van der Waals surface area contributed by atoms with Gasteiger partial charge < -0.3 is 19.5 Å². The molecule has 1 fully saturated rings. The Balaban J connectivity index is 1.21. The molecule has 0 bridgehead atoms. The van der Waals surface area contributed by atoms with Gasteiger partial charge in [-0.2, -0.15) is 0 Å². The van der Waals surface area contributed by atoms with E-state index in [1.165, 1.54) is 4.90 Å². The van der Waals surface area contributed by atoms with Crippen molar-refractivity contribution in [3.05, 3.63) is 119 Å². The molecule has 0 radical (unpaired) electrons. The lowest BCUT2D eigenvalue weighted by Crippen LogP contribution is -2.46. The summed E-state index contributed by atoms with van der Waals surface area (Å²) in [7, 11) is 0. The van der Waals surface area contributed by atoms with Crippen molar-refractivity contribution in [3.8, 4) is 0 Å². The van der Waals surface area contributed by atoms with Crippen molar-refractivity contribution in [2.24, 2.45) is 0 Å². The predicted octanol–water partition coefficient (Wildman–Crippen LogP) is 5.86. The zero-order chi connectivity index (χ0) is 27.9. The van der Waals surface area contributed by atoms with E-state index in [4.69, 9.17) is 9.47 Å². The number of hydrogen-bond donors (Lipinski definition) is 1. The van der Waals surface area contributed by atoms with Crippen molar-refractivity contribution in [2.45, 2.75) is 31.5 Å². The fraction of sp³-hybridized carbons (Fsp3) is 0.242. The number of hydrogen-bond acceptors (Lipinski definition) is 5. The lowest BCUT2D eigenvalue weighted by Gasteiger charge is -2.37. The van der Waals surface area contributed by atoms with Crippen LogP contribution in [0, 0.1) is 0 Å². The molecule has 2 unspecified atom stereocenters. The van der Waals surface area contributed by atoms with Gasteiger partial charge in [0.05, 0.1) is 25.7 Å². The van der Waals surface area contributed by atoms with Gasteiger partial charge in [-0.3, -0.25) is 9.59 Å². The van der Waals surface area contributed by atoms with Crippen LogP contribution in [0.3, 0.4) is 0 Å². The van der Waals surface area contributed by atoms with Crippen molar-refractivity contribution >= 4 is 28.6 Å². The molecule has 0 spiro atoms. The molecule has 1 aliphatic rings. The summed E-state index contributed by atoms with van der Waals surface area (Å²) in [5.74, 6) is -0.698. The largest absolute Gasteiger partial charge is 0.465 e. The summed E-state index contributed by atoms with van der Waals surface area (Å²) in [6, 6.07) is 30.7. The van der Waals surface area contributed by atoms with Crippen LogP contribution in [0.5, 0.6) is 0 Å². The van der Waals surface area contributed by atoms with Crippen LogP contribution in [0.1, 0.15) is 39.4 Å². The number of carbonyl (C=O) groups excluding carboxylic acids is 2. The Morgan fingerprint density at radius 3 is 2.27 bits per heavy atom. The quantitative estimate of drug-likeness (QED) is 0.212. The Labute approximate surface area is 233 Å². The summed E-state index contributed by atoms with van der Waals surface area (Å²) < 4.78 is 11.5. The smallest absolute Gasteiger partial charge is 0.407 e. The van der Waals surface area contributed by atoms with Crippen LogP contribution in [0.2, 0.25) is 0 Å². The second-order valence-electron chi connectivity index (χ2n) is 10.0. The molecule has 7 nitrogen and oxygen atoms in total. The van der Waals surface area contributed by atoms with Gasteiger partial charge in [0.1, 0.15) is 0 Å². The number of esters is 1. The number of amides is 1. The number of likely N-dealkylation sites (tertiary alicyclic amines) is 1. The van der Waals surface area contributed by atoms with E-state index in [-0.39, 0.29) is 37.4 Å². The Kier molecular flexibility index (Phi) is 8.52. The fourth-order valence-corrected chi connectivity index (χ4v) is 5.13. The normalized spacial score (nSPS) is 16.9. The van der Waals surface area contributed by atoms with Crippen molar-refractivity contribution in [3.63, 3.8) is 0 Å². The molecule has 0 aliphatic carbocycles. The van der Waals surface area contributed by atoms with Crippen LogP contribution >= 0.6 is 0 Å². The first kappa shape index (κ1) is 27.1. The minimum atomic E-state index is -0.947. The zero-order valence-electron chi connectivity index (χ0n) is 22.1. The summed E-state index contributed by atoms with van der Waals surface area (Å²) in [6.07, 6.45) is -0.562. The van der Waals surface area contributed by atoms with Gasteiger partial charge in [-0.1, -0.05) is 91.0 Å². The second kappa shape index (κ2) is 12.6. The van der Waals surface area contributed by atoms with E-state index >= 15 is 0 Å². The van der Waals surface area contributed by atoms with Crippen molar-refractivity contribution < 1.29 is 29.0 Å². The molecule has 7 heteroatoms. The highest BCUT2D eigenvalue weighted by Crippen LogP contribution is 2.32. The molecule has 5 rings (SSSR count). The van der Waals surface area contributed by atoms with E-state index in [0.29, 0.717) is 25.1 Å².